The molecule has 4 heteroatoms. The van der Waals surface area contributed by atoms with Gasteiger partial charge >= 0.3 is 5.97 Å². The molecule has 0 aliphatic heterocycles. The maximum absolute atomic E-state index is 10.8. The molecule has 0 saturated carbocycles. The van der Waals surface area contributed by atoms with Crippen LogP contribution in [0.1, 0.15) is 29.8 Å². The second-order valence-corrected chi connectivity index (χ2v) is 3.87. The van der Waals surface area contributed by atoms with Gasteiger partial charge in [0.05, 0.1) is 12.2 Å². The van der Waals surface area contributed by atoms with Crippen LogP contribution in [0.15, 0.2) is 18.2 Å². The molecule has 0 heterocycles. The van der Waals surface area contributed by atoms with Crippen molar-refractivity contribution in [3.05, 3.63) is 29.3 Å². The number of ether oxygens (including phenoxy) is 2. The normalized spacial score (nSPS) is 12.2. The van der Waals surface area contributed by atoms with E-state index in [-0.39, 0.29) is 11.7 Å². The van der Waals surface area contributed by atoms with E-state index in [2.05, 4.69) is 0 Å². The van der Waals surface area contributed by atoms with Crippen molar-refractivity contribution < 1.29 is 19.4 Å². The largest absolute Gasteiger partial charge is 0.488 e. The molecule has 0 aliphatic rings. The highest BCUT2D eigenvalue weighted by Gasteiger charge is 2.09. The Bertz CT molecular complexity index is 387. The van der Waals surface area contributed by atoms with Crippen molar-refractivity contribution in [1.82, 2.24) is 0 Å². The van der Waals surface area contributed by atoms with Crippen molar-refractivity contribution in [1.29, 1.82) is 0 Å². The quantitative estimate of drug-likeness (QED) is 0.827. The second kappa shape index (κ2) is 6.25. The predicted octanol–water partition coefficient (Wildman–Crippen LogP) is 2.50. The highest BCUT2D eigenvalue weighted by atomic mass is 16.5. The van der Waals surface area contributed by atoms with Gasteiger partial charge in [-0.25, -0.2) is 4.79 Å². The fourth-order valence-corrected chi connectivity index (χ4v) is 1.45. The van der Waals surface area contributed by atoms with Crippen LogP contribution in [0.4, 0.5) is 0 Å². The molecule has 1 N–H and O–H groups in total. The molecule has 1 atom stereocenters. The van der Waals surface area contributed by atoms with Gasteiger partial charge in [-0.05, 0) is 44.5 Å². The van der Waals surface area contributed by atoms with Crippen LogP contribution >= 0.6 is 0 Å². The minimum atomic E-state index is -0.929. The standard InChI is InChI=1S/C13H18O4/c1-4-16-8-10(3)17-12-6-5-11(13(14)15)7-9(12)2/h5-7,10H,4,8H2,1-3H3,(H,14,15). The van der Waals surface area contributed by atoms with E-state index in [1.807, 2.05) is 20.8 Å². The highest BCUT2D eigenvalue weighted by molar-refractivity contribution is 5.88. The zero-order chi connectivity index (χ0) is 12.8. The Kier molecular flexibility index (Phi) is 4.97. The Balaban J connectivity index is 2.69. The van der Waals surface area contributed by atoms with Gasteiger partial charge in [-0.1, -0.05) is 0 Å². The minimum absolute atomic E-state index is 0.0515. The van der Waals surface area contributed by atoms with Crippen molar-refractivity contribution in [3.8, 4) is 5.75 Å². The average molecular weight is 238 g/mol. The van der Waals surface area contributed by atoms with E-state index in [9.17, 15) is 4.79 Å². The van der Waals surface area contributed by atoms with Crippen molar-refractivity contribution in [3.63, 3.8) is 0 Å². The first kappa shape index (κ1) is 13.5. The molecular weight excluding hydrogens is 220 g/mol. The van der Waals surface area contributed by atoms with Crippen LogP contribution in [0.2, 0.25) is 0 Å². The van der Waals surface area contributed by atoms with Crippen molar-refractivity contribution in [2.75, 3.05) is 13.2 Å². The highest BCUT2D eigenvalue weighted by Crippen LogP contribution is 2.20. The van der Waals surface area contributed by atoms with Crippen molar-refractivity contribution in [2.45, 2.75) is 26.9 Å². The smallest absolute Gasteiger partial charge is 0.335 e. The molecule has 0 spiro atoms. The van der Waals surface area contributed by atoms with E-state index in [0.717, 1.165) is 5.56 Å². The molecule has 1 aromatic rings. The lowest BCUT2D eigenvalue weighted by molar-refractivity contribution is 0.0652. The van der Waals surface area contributed by atoms with Gasteiger partial charge in [0.25, 0.3) is 0 Å². The molecule has 0 saturated heterocycles. The summed E-state index contributed by atoms with van der Waals surface area (Å²) >= 11 is 0. The number of carboxylic acids is 1. The molecule has 17 heavy (non-hydrogen) atoms. The molecule has 0 aromatic heterocycles. The zero-order valence-corrected chi connectivity index (χ0v) is 10.4. The third-order valence-corrected chi connectivity index (χ3v) is 2.31. The molecule has 1 aromatic carbocycles. The van der Waals surface area contributed by atoms with Gasteiger partial charge in [0, 0.05) is 6.61 Å². The number of aromatic carboxylic acids is 1. The molecule has 94 valence electrons. The summed E-state index contributed by atoms with van der Waals surface area (Å²) < 4.78 is 10.9. The third kappa shape index (κ3) is 4.07. The molecule has 0 amide bonds. The molecule has 1 rings (SSSR count). The maximum atomic E-state index is 10.8. The summed E-state index contributed by atoms with van der Waals surface area (Å²) in [5.41, 5.74) is 1.08. The lowest BCUT2D eigenvalue weighted by Gasteiger charge is -2.16. The summed E-state index contributed by atoms with van der Waals surface area (Å²) in [5.74, 6) is -0.232. The first-order valence-corrected chi connectivity index (χ1v) is 5.63. The van der Waals surface area contributed by atoms with Gasteiger partial charge in [0.2, 0.25) is 0 Å². The van der Waals surface area contributed by atoms with E-state index >= 15 is 0 Å². The van der Waals surface area contributed by atoms with Crippen LogP contribution in [-0.4, -0.2) is 30.4 Å². The Hall–Kier alpha value is -1.55. The van der Waals surface area contributed by atoms with Gasteiger partial charge in [0.15, 0.2) is 0 Å². The number of carbonyl (C=O) groups is 1. The van der Waals surface area contributed by atoms with Crippen LogP contribution in [0.5, 0.6) is 5.75 Å². The second-order valence-electron chi connectivity index (χ2n) is 3.87. The Labute approximate surface area is 101 Å². The number of carboxylic acid groups (broad SMARTS) is 1. The molecule has 0 fully saturated rings. The monoisotopic (exact) mass is 238 g/mol. The van der Waals surface area contributed by atoms with Crippen LogP contribution in [-0.2, 0) is 4.74 Å². The average Bonchev–Trinajstić information content (AvgIpc) is 2.28. The Morgan fingerprint density at radius 2 is 2.18 bits per heavy atom. The lowest BCUT2D eigenvalue weighted by atomic mass is 10.1. The van der Waals surface area contributed by atoms with Gasteiger partial charge in [-0.2, -0.15) is 0 Å². The molecule has 0 bridgehead atoms. The summed E-state index contributed by atoms with van der Waals surface area (Å²) in [6.45, 7) is 6.86. The molecule has 0 radical (unpaired) electrons. The van der Waals surface area contributed by atoms with Gasteiger partial charge in [-0.15, -0.1) is 0 Å². The van der Waals surface area contributed by atoms with Crippen LogP contribution in [0, 0.1) is 6.92 Å². The number of hydrogen-bond donors (Lipinski definition) is 1. The number of benzene rings is 1. The molecular formula is C13H18O4. The SMILES string of the molecule is CCOCC(C)Oc1ccc(C(=O)O)cc1C. The van der Waals surface area contributed by atoms with Gasteiger partial charge in [-0.3, -0.25) is 0 Å². The summed E-state index contributed by atoms with van der Waals surface area (Å²) in [6.07, 6.45) is -0.0515. The van der Waals surface area contributed by atoms with Crippen LogP contribution < -0.4 is 4.74 Å². The van der Waals surface area contributed by atoms with E-state index < -0.39 is 5.97 Å². The predicted molar refractivity (Wildman–Crippen MR) is 64.7 cm³/mol. The Morgan fingerprint density at radius 3 is 2.71 bits per heavy atom. The van der Waals surface area contributed by atoms with Crippen molar-refractivity contribution >= 4 is 5.97 Å². The summed E-state index contributed by atoms with van der Waals surface area (Å²) in [4.78, 5) is 10.8. The zero-order valence-electron chi connectivity index (χ0n) is 10.4. The lowest BCUT2D eigenvalue weighted by Crippen LogP contribution is -2.19. The maximum Gasteiger partial charge on any atom is 0.335 e. The number of aryl methyl sites for hydroxylation is 1. The fourth-order valence-electron chi connectivity index (χ4n) is 1.45. The minimum Gasteiger partial charge on any atom is -0.488 e. The fraction of sp³-hybridized carbons (Fsp3) is 0.462. The molecule has 4 nitrogen and oxygen atoms in total. The summed E-state index contributed by atoms with van der Waals surface area (Å²) in [6, 6.07) is 4.82. The van der Waals surface area contributed by atoms with Crippen molar-refractivity contribution in [2.24, 2.45) is 0 Å². The summed E-state index contributed by atoms with van der Waals surface area (Å²) in [7, 11) is 0. The first-order chi connectivity index (χ1) is 8.04. The topological polar surface area (TPSA) is 55.8 Å². The van der Waals surface area contributed by atoms with Gasteiger partial charge < -0.3 is 14.6 Å². The number of hydrogen-bond acceptors (Lipinski definition) is 3. The third-order valence-electron chi connectivity index (χ3n) is 2.31. The van der Waals surface area contributed by atoms with E-state index in [1.54, 1.807) is 12.1 Å². The Morgan fingerprint density at radius 1 is 1.47 bits per heavy atom. The summed E-state index contributed by atoms with van der Waals surface area (Å²) in [5, 5.41) is 8.84. The van der Waals surface area contributed by atoms with E-state index in [1.165, 1.54) is 6.07 Å². The van der Waals surface area contributed by atoms with Crippen LogP contribution in [0.3, 0.4) is 0 Å². The van der Waals surface area contributed by atoms with E-state index in [4.69, 9.17) is 14.6 Å². The first-order valence-electron chi connectivity index (χ1n) is 5.63. The number of rotatable bonds is 6. The molecule has 1 unspecified atom stereocenters. The van der Waals surface area contributed by atoms with E-state index in [0.29, 0.717) is 19.0 Å². The molecule has 0 aliphatic carbocycles. The van der Waals surface area contributed by atoms with Crippen LogP contribution in [0.25, 0.3) is 0 Å². The van der Waals surface area contributed by atoms with Gasteiger partial charge in [0.1, 0.15) is 11.9 Å².